The van der Waals surface area contributed by atoms with E-state index in [1.54, 1.807) is 6.07 Å². The van der Waals surface area contributed by atoms with Gasteiger partial charge < -0.3 is 4.74 Å². The summed E-state index contributed by atoms with van der Waals surface area (Å²) < 4.78 is 6.56. The molecule has 100 valence electrons. The van der Waals surface area contributed by atoms with Gasteiger partial charge in [-0.3, -0.25) is 4.79 Å². The Bertz CT molecular complexity index is 406. The van der Waals surface area contributed by atoms with Crippen molar-refractivity contribution in [2.45, 2.75) is 51.0 Å². The van der Waals surface area contributed by atoms with Crippen LogP contribution in [0.3, 0.4) is 0 Å². The van der Waals surface area contributed by atoms with Gasteiger partial charge in [0.1, 0.15) is 5.60 Å². The lowest BCUT2D eigenvalue weighted by molar-refractivity contribution is -0.0289. The standard InChI is InChI=1S/C14H19ClO2S/c1-2-17-14(9-5-3-4-6-10-14)13(16)11-7-8-12(15)18-11/h7-8H,2-6,9-10H2,1H3. The summed E-state index contributed by atoms with van der Waals surface area (Å²) in [5.74, 6) is 0.128. The molecule has 1 fully saturated rings. The van der Waals surface area contributed by atoms with Crippen LogP contribution in [-0.4, -0.2) is 18.0 Å². The van der Waals surface area contributed by atoms with Crippen LogP contribution in [-0.2, 0) is 4.74 Å². The second-order valence-electron chi connectivity index (χ2n) is 4.77. The monoisotopic (exact) mass is 286 g/mol. The molecule has 1 aliphatic carbocycles. The summed E-state index contributed by atoms with van der Waals surface area (Å²) in [4.78, 5) is 13.4. The normalized spacial score (nSPS) is 19.4. The highest BCUT2D eigenvalue weighted by Gasteiger charge is 2.40. The summed E-state index contributed by atoms with van der Waals surface area (Å²) >= 11 is 7.28. The lowest BCUT2D eigenvalue weighted by atomic mass is 9.88. The third-order valence-electron chi connectivity index (χ3n) is 3.54. The Balaban J connectivity index is 2.25. The van der Waals surface area contributed by atoms with Crippen LogP contribution in [0.1, 0.15) is 55.1 Å². The van der Waals surface area contributed by atoms with E-state index >= 15 is 0 Å². The van der Waals surface area contributed by atoms with Gasteiger partial charge in [-0.25, -0.2) is 0 Å². The van der Waals surface area contributed by atoms with Gasteiger partial charge in [0.05, 0.1) is 9.21 Å². The van der Waals surface area contributed by atoms with E-state index < -0.39 is 5.60 Å². The Morgan fingerprint density at radius 1 is 1.33 bits per heavy atom. The maximum absolute atomic E-state index is 12.7. The number of hydrogen-bond acceptors (Lipinski definition) is 3. The van der Waals surface area contributed by atoms with Crippen molar-refractivity contribution in [1.29, 1.82) is 0 Å². The summed E-state index contributed by atoms with van der Waals surface area (Å²) in [5, 5.41) is 0. The molecule has 0 radical (unpaired) electrons. The minimum absolute atomic E-state index is 0.128. The molecule has 2 rings (SSSR count). The molecule has 1 saturated carbocycles. The third kappa shape index (κ3) is 2.95. The van der Waals surface area contributed by atoms with E-state index in [0.29, 0.717) is 10.9 Å². The summed E-state index contributed by atoms with van der Waals surface area (Å²) in [7, 11) is 0. The molecule has 0 aromatic carbocycles. The molecule has 1 heterocycles. The van der Waals surface area contributed by atoms with Crippen LogP contribution in [0.15, 0.2) is 12.1 Å². The quantitative estimate of drug-likeness (QED) is 0.592. The van der Waals surface area contributed by atoms with E-state index in [4.69, 9.17) is 16.3 Å². The molecule has 18 heavy (non-hydrogen) atoms. The van der Waals surface area contributed by atoms with E-state index in [-0.39, 0.29) is 5.78 Å². The number of ether oxygens (including phenoxy) is 1. The number of halogens is 1. The summed E-state index contributed by atoms with van der Waals surface area (Å²) in [5.41, 5.74) is -0.598. The highest BCUT2D eigenvalue weighted by atomic mass is 35.5. The lowest BCUT2D eigenvalue weighted by Crippen LogP contribution is -2.41. The van der Waals surface area contributed by atoms with Crippen LogP contribution in [0, 0.1) is 0 Å². The predicted octanol–water partition coefficient (Wildman–Crippen LogP) is 4.71. The molecular weight excluding hydrogens is 268 g/mol. The van der Waals surface area contributed by atoms with E-state index in [0.717, 1.165) is 30.6 Å². The van der Waals surface area contributed by atoms with E-state index in [2.05, 4.69) is 0 Å². The van der Waals surface area contributed by atoms with Gasteiger partial charge in [0.2, 0.25) is 5.78 Å². The summed E-state index contributed by atoms with van der Waals surface area (Å²) in [6.45, 7) is 2.55. The molecule has 0 bridgehead atoms. The number of ketones is 1. The van der Waals surface area contributed by atoms with Gasteiger partial charge in [-0.1, -0.05) is 37.3 Å². The topological polar surface area (TPSA) is 26.3 Å². The number of carbonyl (C=O) groups is 1. The zero-order valence-electron chi connectivity index (χ0n) is 10.7. The second kappa shape index (κ2) is 6.18. The van der Waals surface area contributed by atoms with Crippen molar-refractivity contribution in [2.24, 2.45) is 0 Å². The van der Waals surface area contributed by atoms with E-state index in [9.17, 15) is 4.79 Å². The van der Waals surface area contributed by atoms with Gasteiger partial charge >= 0.3 is 0 Å². The van der Waals surface area contributed by atoms with Crippen molar-refractivity contribution in [3.63, 3.8) is 0 Å². The first kappa shape index (κ1) is 14.0. The van der Waals surface area contributed by atoms with E-state index in [1.807, 2.05) is 13.0 Å². The van der Waals surface area contributed by atoms with Gasteiger partial charge in [0.25, 0.3) is 0 Å². The fraction of sp³-hybridized carbons (Fsp3) is 0.643. The van der Waals surface area contributed by atoms with Crippen LogP contribution in [0.5, 0.6) is 0 Å². The average molecular weight is 287 g/mol. The molecule has 2 nitrogen and oxygen atoms in total. The Morgan fingerprint density at radius 3 is 2.50 bits per heavy atom. The average Bonchev–Trinajstić information content (AvgIpc) is 2.64. The van der Waals surface area contributed by atoms with Crippen LogP contribution < -0.4 is 0 Å². The number of hydrogen-bond donors (Lipinski definition) is 0. The first-order valence-corrected chi connectivity index (χ1v) is 7.81. The van der Waals surface area contributed by atoms with E-state index in [1.165, 1.54) is 24.2 Å². The van der Waals surface area contributed by atoms with Crippen molar-refractivity contribution < 1.29 is 9.53 Å². The predicted molar refractivity (Wildman–Crippen MR) is 75.7 cm³/mol. The third-order valence-corrected chi connectivity index (χ3v) is 4.77. The molecule has 0 aliphatic heterocycles. The molecule has 1 aliphatic rings. The van der Waals surface area contributed by atoms with Gasteiger partial charge in [-0.15, -0.1) is 11.3 Å². The minimum Gasteiger partial charge on any atom is -0.367 e. The second-order valence-corrected chi connectivity index (χ2v) is 6.49. The first-order chi connectivity index (χ1) is 8.68. The smallest absolute Gasteiger partial charge is 0.204 e. The molecule has 0 saturated heterocycles. The number of rotatable bonds is 4. The Labute approximate surface area is 117 Å². The van der Waals surface area contributed by atoms with Gasteiger partial charge in [0, 0.05) is 6.61 Å². The lowest BCUT2D eigenvalue weighted by Gasteiger charge is -2.30. The Kier molecular flexibility index (Phi) is 4.82. The van der Waals surface area contributed by atoms with Crippen LogP contribution in [0.4, 0.5) is 0 Å². The van der Waals surface area contributed by atoms with Crippen molar-refractivity contribution >= 4 is 28.7 Å². The van der Waals surface area contributed by atoms with Crippen LogP contribution in [0.2, 0.25) is 4.34 Å². The molecular formula is C14H19ClO2S. The highest BCUT2D eigenvalue weighted by molar-refractivity contribution is 7.18. The molecule has 1 aromatic heterocycles. The minimum atomic E-state index is -0.598. The molecule has 0 N–H and O–H groups in total. The Hall–Kier alpha value is -0.380. The van der Waals surface area contributed by atoms with Crippen molar-refractivity contribution in [1.82, 2.24) is 0 Å². The summed E-state index contributed by atoms with van der Waals surface area (Å²) in [6.07, 6.45) is 6.24. The molecule has 0 unspecified atom stereocenters. The zero-order chi connectivity index (χ0) is 13.0. The number of Topliss-reactive ketones (excluding diaryl/α,β-unsaturated/α-hetero) is 1. The molecule has 0 atom stereocenters. The van der Waals surface area contributed by atoms with Gasteiger partial charge in [0.15, 0.2) is 0 Å². The van der Waals surface area contributed by atoms with Crippen molar-refractivity contribution in [3.05, 3.63) is 21.3 Å². The molecule has 4 heteroatoms. The largest absolute Gasteiger partial charge is 0.367 e. The van der Waals surface area contributed by atoms with Crippen molar-refractivity contribution in [2.75, 3.05) is 6.61 Å². The van der Waals surface area contributed by atoms with Gasteiger partial charge in [-0.05, 0) is 31.9 Å². The maximum Gasteiger partial charge on any atom is 0.204 e. The summed E-state index contributed by atoms with van der Waals surface area (Å²) in [6, 6.07) is 3.61. The molecule has 1 aromatic rings. The fourth-order valence-electron chi connectivity index (χ4n) is 2.67. The van der Waals surface area contributed by atoms with Crippen LogP contribution >= 0.6 is 22.9 Å². The first-order valence-electron chi connectivity index (χ1n) is 6.62. The zero-order valence-corrected chi connectivity index (χ0v) is 12.3. The SMILES string of the molecule is CCOC1(C(=O)c2ccc(Cl)s2)CCCCCC1. The van der Waals surface area contributed by atoms with Crippen molar-refractivity contribution in [3.8, 4) is 0 Å². The number of thiophene rings is 1. The molecule has 0 amide bonds. The molecule has 0 spiro atoms. The van der Waals surface area contributed by atoms with Gasteiger partial charge in [-0.2, -0.15) is 0 Å². The highest BCUT2D eigenvalue weighted by Crippen LogP contribution is 2.36. The maximum atomic E-state index is 12.7. The number of carbonyl (C=O) groups excluding carboxylic acids is 1. The van der Waals surface area contributed by atoms with Crippen LogP contribution in [0.25, 0.3) is 0 Å². The fourth-order valence-corrected chi connectivity index (χ4v) is 3.75. The Morgan fingerprint density at radius 2 is 2.00 bits per heavy atom.